The Morgan fingerprint density at radius 3 is 2.74 bits per heavy atom. The maximum Gasteiger partial charge on any atom is 0.265 e. The highest BCUT2D eigenvalue weighted by atomic mass is 79.9. The number of rotatable bonds is 2. The summed E-state index contributed by atoms with van der Waals surface area (Å²) in [7, 11) is 0. The second-order valence-electron chi connectivity index (χ2n) is 5.37. The van der Waals surface area contributed by atoms with E-state index in [1.165, 1.54) is 6.07 Å². The van der Waals surface area contributed by atoms with Crippen molar-refractivity contribution in [3.8, 4) is 0 Å². The van der Waals surface area contributed by atoms with Gasteiger partial charge in [0.05, 0.1) is 23.0 Å². The molecule has 6 heteroatoms. The number of halogens is 3. The van der Waals surface area contributed by atoms with E-state index in [9.17, 15) is 13.9 Å². The van der Waals surface area contributed by atoms with Gasteiger partial charge in [-0.15, -0.1) is 0 Å². The summed E-state index contributed by atoms with van der Waals surface area (Å²) in [5, 5.41) is 9.79. The molecule has 3 nitrogen and oxygen atoms in total. The van der Waals surface area contributed by atoms with Gasteiger partial charge in [0, 0.05) is 16.1 Å². The van der Waals surface area contributed by atoms with E-state index in [1.54, 1.807) is 23.9 Å². The Kier molecular flexibility index (Phi) is 2.90. The fourth-order valence-electron chi connectivity index (χ4n) is 2.76. The predicted molar refractivity (Wildman–Crippen MR) is 71.3 cm³/mol. The Morgan fingerprint density at radius 2 is 2.16 bits per heavy atom. The molecule has 1 aromatic carbocycles. The van der Waals surface area contributed by atoms with Crippen LogP contribution in [0.15, 0.2) is 22.9 Å². The number of alkyl halides is 2. The highest BCUT2D eigenvalue weighted by molar-refractivity contribution is 9.10. The molecule has 1 aromatic heterocycles. The minimum atomic E-state index is -2.55. The number of hydrogen-bond acceptors (Lipinski definition) is 2. The van der Waals surface area contributed by atoms with Crippen LogP contribution in [0.25, 0.3) is 11.0 Å². The van der Waals surface area contributed by atoms with Gasteiger partial charge in [-0.1, -0.05) is 15.9 Å². The van der Waals surface area contributed by atoms with Gasteiger partial charge >= 0.3 is 0 Å². The van der Waals surface area contributed by atoms with Crippen LogP contribution in [0.4, 0.5) is 8.78 Å². The zero-order chi connectivity index (χ0) is 13.8. The Bertz CT molecular complexity index is 631. The zero-order valence-electron chi connectivity index (χ0n) is 10.3. The van der Waals surface area contributed by atoms with E-state index in [0.29, 0.717) is 28.3 Å². The van der Waals surface area contributed by atoms with Crippen LogP contribution >= 0.6 is 15.9 Å². The fraction of sp³-hybridized carbons (Fsp3) is 0.462. The Hall–Kier alpha value is -1.01. The molecule has 1 fully saturated rings. The average molecular weight is 331 g/mol. The normalized spacial score (nSPS) is 26.9. The zero-order valence-corrected chi connectivity index (χ0v) is 11.9. The number of imidazole rings is 1. The lowest BCUT2D eigenvalue weighted by Crippen LogP contribution is -2.41. The topological polar surface area (TPSA) is 38.0 Å². The molecule has 0 unspecified atom stereocenters. The van der Waals surface area contributed by atoms with E-state index in [1.807, 2.05) is 0 Å². The summed E-state index contributed by atoms with van der Waals surface area (Å²) in [5.74, 6) is 0. The summed E-state index contributed by atoms with van der Waals surface area (Å²) in [4.78, 5) is 4.19. The molecule has 1 saturated carbocycles. The van der Waals surface area contributed by atoms with Crippen molar-refractivity contribution in [1.82, 2.24) is 9.55 Å². The van der Waals surface area contributed by atoms with E-state index < -0.39 is 12.0 Å². The Labute approximate surface area is 117 Å². The van der Waals surface area contributed by atoms with Crippen molar-refractivity contribution in [3.05, 3.63) is 28.5 Å². The van der Waals surface area contributed by atoms with Gasteiger partial charge in [0.1, 0.15) is 0 Å². The fourth-order valence-corrected chi connectivity index (χ4v) is 3.23. The summed E-state index contributed by atoms with van der Waals surface area (Å²) in [6, 6.07) is 3.20. The van der Waals surface area contributed by atoms with Crippen LogP contribution in [0.2, 0.25) is 0 Å². The first kappa shape index (κ1) is 13.0. The molecule has 2 aromatic rings. The van der Waals surface area contributed by atoms with Crippen molar-refractivity contribution < 1.29 is 13.9 Å². The van der Waals surface area contributed by atoms with Crippen molar-refractivity contribution in [3.63, 3.8) is 0 Å². The quantitative estimate of drug-likeness (QED) is 0.908. The van der Waals surface area contributed by atoms with Crippen LogP contribution in [0.1, 0.15) is 37.8 Å². The summed E-state index contributed by atoms with van der Waals surface area (Å²) < 4.78 is 28.7. The molecule has 0 spiro atoms. The predicted octanol–water partition coefficient (Wildman–Crippen LogP) is 3.82. The summed E-state index contributed by atoms with van der Waals surface area (Å²) in [6.45, 7) is 1.76. The molecule has 0 amide bonds. The number of fused-ring (bicyclic) bond motifs is 1. The molecule has 1 N–H and O–H groups in total. The largest absolute Gasteiger partial charge is 0.390 e. The van der Waals surface area contributed by atoms with Crippen LogP contribution in [-0.2, 0) is 0 Å². The number of hydrogen-bond donors (Lipinski definition) is 1. The lowest BCUT2D eigenvalue weighted by Gasteiger charge is -2.41. The lowest BCUT2D eigenvalue weighted by atomic mass is 9.77. The number of benzene rings is 1. The number of aliphatic hydroxyl groups is 1. The molecule has 0 radical (unpaired) electrons. The second kappa shape index (κ2) is 4.24. The van der Waals surface area contributed by atoms with E-state index in [4.69, 9.17) is 0 Å². The van der Waals surface area contributed by atoms with E-state index in [0.717, 1.165) is 0 Å². The molecule has 0 bridgehead atoms. The van der Waals surface area contributed by atoms with Crippen LogP contribution in [-0.4, -0.2) is 20.3 Å². The van der Waals surface area contributed by atoms with Crippen molar-refractivity contribution >= 4 is 27.0 Å². The summed E-state index contributed by atoms with van der Waals surface area (Å²) in [5.41, 5.74) is 0.310. The average Bonchev–Trinajstić information content (AvgIpc) is 2.67. The lowest BCUT2D eigenvalue weighted by molar-refractivity contribution is -0.0499. The van der Waals surface area contributed by atoms with E-state index >= 15 is 0 Å². The molecular weight excluding hydrogens is 318 g/mol. The van der Waals surface area contributed by atoms with Gasteiger partial charge < -0.3 is 9.67 Å². The number of nitrogens with zero attached hydrogens (tertiary/aromatic N) is 2. The monoisotopic (exact) mass is 330 g/mol. The van der Waals surface area contributed by atoms with Gasteiger partial charge in [0.15, 0.2) is 0 Å². The Morgan fingerprint density at radius 1 is 1.47 bits per heavy atom. The maximum absolute atomic E-state index is 13.2. The third kappa shape index (κ3) is 2.17. The molecule has 102 valence electrons. The smallest absolute Gasteiger partial charge is 0.265 e. The first-order valence-electron chi connectivity index (χ1n) is 6.04. The van der Waals surface area contributed by atoms with Gasteiger partial charge in [-0.2, -0.15) is 0 Å². The van der Waals surface area contributed by atoms with Crippen molar-refractivity contribution in [1.29, 1.82) is 0 Å². The van der Waals surface area contributed by atoms with Gasteiger partial charge in [-0.05, 0) is 31.9 Å². The molecule has 1 aliphatic rings. The third-order valence-electron chi connectivity index (χ3n) is 3.64. The minimum absolute atomic E-state index is 0.0200. The molecule has 1 aliphatic carbocycles. The van der Waals surface area contributed by atoms with Crippen LogP contribution in [0.5, 0.6) is 0 Å². The molecule has 0 saturated heterocycles. The van der Waals surface area contributed by atoms with Gasteiger partial charge in [0.25, 0.3) is 6.43 Å². The molecule has 0 aliphatic heterocycles. The third-order valence-corrected chi connectivity index (χ3v) is 4.10. The maximum atomic E-state index is 13.2. The standard InChI is InChI=1S/C13H13BrF2N2O/c1-13(19)4-8(5-13)18-6-17-10-3-7(14)2-9(11(10)18)12(15)16/h2-3,6,8,12,19H,4-5H2,1H3. The molecule has 3 rings (SSSR count). The molecule has 0 atom stereocenters. The molecule has 19 heavy (non-hydrogen) atoms. The molecular formula is C13H13BrF2N2O. The summed E-state index contributed by atoms with van der Waals surface area (Å²) >= 11 is 3.22. The van der Waals surface area contributed by atoms with Gasteiger partial charge in [-0.25, -0.2) is 13.8 Å². The highest BCUT2D eigenvalue weighted by Gasteiger charge is 2.40. The first-order valence-corrected chi connectivity index (χ1v) is 6.83. The van der Waals surface area contributed by atoms with E-state index in [2.05, 4.69) is 20.9 Å². The minimum Gasteiger partial charge on any atom is -0.390 e. The van der Waals surface area contributed by atoms with Crippen molar-refractivity contribution in [2.75, 3.05) is 0 Å². The van der Waals surface area contributed by atoms with Crippen molar-refractivity contribution in [2.24, 2.45) is 0 Å². The van der Waals surface area contributed by atoms with Gasteiger partial charge in [-0.3, -0.25) is 0 Å². The van der Waals surface area contributed by atoms with E-state index in [-0.39, 0.29) is 11.6 Å². The highest BCUT2D eigenvalue weighted by Crippen LogP contribution is 2.43. The summed E-state index contributed by atoms with van der Waals surface area (Å²) in [6.07, 6.45) is 0.174. The van der Waals surface area contributed by atoms with Crippen molar-refractivity contribution in [2.45, 2.75) is 37.8 Å². The van der Waals surface area contributed by atoms with Gasteiger partial charge in [0.2, 0.25) is 0 Å². The Balaban J connectivity index is 2.12. The SMILES string of the molecule is CC1(O)CC(n2cnc3cc(Br)cc(C(F)F)c32)C1. The number of aromatic nitrogens is 2. The first-order chi connectivity index (χ1) is 8.87. The van der Waals surface area contributed by atoms with Crippen LogP contribution < -0.4 is 0 Å². The second-order valence-corrected chi connectivity index (χ2v) is 6.29. The van der Waals surface area contributed by atoms with Crippen LogP contribution in [0.3, 0.4) is 0 Å². The molecule has 1 heterocycles. The van der Waals surface area contributed by atoms with Crippen LogP contribution in [0, 0.1) is 0 Å².